The minimum Gasteiger partial charge on any atom is -0.370 e. The molecular weight excluding hydrogens is 276 g/mol. The van der Waals surface area contributed by atoms with Gasteiger partial charge in [0.05, 0.1) is 0 Å². The average molecular weight is 307 g/mol. The molecule has 0 amide bonds. The lowest BCUT2D eigenvalue weighted by Gasteiger charge is -2.26. The number of nitrogens with one attached hydrogen (secondary N) is 1. The Morgan fingerprint density at radius 2 is 2.00 bits per heavy atom. The van der Waals surface area contributed by atoms with Crippen molar-refractivity contribution < 1.29 is 0 Å². The molecule has 1 fully saturated rings. The van der Waals surface area contributed by atoms with E-state index in [2.05, 4.69) is 73.9 Å². The topological polar surface area (TPSA) is 15.3 Å². The van der Waals surface area contributed by atoms with E-state index in [-0.39, 0.29) is 0 Å². The molecule has 1 aliphatic rings. The molecule has 0 aromatic heterocycles. The third kappa shape index (κ3) is 5.23. The maximum absolute atomic E-state index is 3.58. The third-order valence-corrected chi connectivity index (χ3v) is 5.41. The van der Waals surface area contributed by atoms with Crippen LogP contribution in [0.1, 0.15) is 39.7 Å². The molecule has 0 aliphatic carbocycles. The second kappa shape index (κ2) is 7.55. The number of thioether (sulfide) groups is 1. The molecular formula is C18H30N2S. The molecule has 118 valence electrons. The Labute approximate surface area is 134 Å². The van der Waals surface area contributed by atoms with E-state index in [0.717, 1.165) is 19.6 Å². The van der Waals surface area contributed by atoms with Crippen molar-refractivity contribution in [3.63, 3.8) is 0 Å². The Morgan fingerprint density at radius 3 is 2.76 bits per heavy atom. The average Bonchev–Trinajstić information content (AvgIpc) is 2.60. The van der Waals surface area contributed by atoms with Gasteiger partial charge >= 0.3 is 0 Å². The summed E-state index contributed by atoms with van der Waals surface area (Å²) in [4.78, 5) is 2.58. The van der Waals surface area contributed by atoms with Gasteiger partial charge in [0.2, 0.25) is 0 Å². The van der Waals surface area contributed by atoms with Crippen LogP contribution in [0.5, 0.6) is 0 Å². The number of hydrogen-bond donors (Lipinski definition) is 1. The van der Waals surface area contributed by atoms with E-state index in [1.807, 2.05) is 0 Å². The second-order valence-corrected chi connectivity index (χ2v) is 8.80. The molecule has 0 spiro atoms. The lowest BCUT2D eigenvalue weighted by atomic mass is 10.1. The van der Waals surface area contributed by atoms with Crippen molar-refractivity contribution in [2.45, 2.75) is 45.4 Å². The SMILES string of the molecule is CC(C)CNCc1ccccc1N1CCSC(C)(C)CC1. The summed E-state index contributed by atoms with van der Waals surface area (Å²) in [5.74, 6) is 1.92. The molecule has 1 aliphatic heterocycles. The highest BCUT2D eigenvalue weighted by Crippen LogP contribution is 2.33. The van der Waals surface area contributed by atoms with E-state index in [1.165, 1.54) is 30.0 Å². The highest BCUT2D eigenvalue weighted by molar-refractivity contribution is 8.00. The van der Waals surface area contributed by atoms with Crippen molar-refractivity contribution >= 4 is 17.4 Å². The summed E-state index contributed by atoms with van der Waals surface area (Å²) >= 11 is 2.11. The first-order valence-corrected chi connectivity index (χ1v) is 9.14. The minimum absolute atomic E-state index is 0.416. The Morgan fingerprint density at radius 1 is 1.24 bits per heavy atom. The second-order valence-electron chi connectivity index (χ2n) is 7.00. The molecule has 3 heteroatoms. The quantitative estimate of drug-likeness (QED) is 0.879. The van der Waals surface area contributed by atoms with Crippen LogP contribution in [0.2, 0.25) is 0 Å². The molecule has 2 rings (SSSR count). The van der Waals surface area contributed by atoms with Crippen LogP contribution in [0, 0.1) is 5.92 Å². The van der Waals surface area contributed by atoms with Gasteiger partial charge in [-0.25, -0.2) is 0 Å². The molecule has 1 saturated heterocycles. The number of rotatable bonds is 5. The van der Waals surface area contributed by atoms with Gasteiger partial charge in [0, 0.05) is 35.8 Å². The number of para-hydroxylation sites is 1. The van der Waals surface area contributed by atoms with E-state index < -0.39 is 0 Å². The van der Waals surface area contributed by atoms with Gasteiger partial charge in [-0.15, -0.1) is 0 Å². The van der Waals surface area contributed by atoms with Gasteiger partial charge in [-0.1, -0.05) is 45.9 Å². The predicted molar refractivity (Wildman–Crippen MR) is 96.4 cm³/mol. The molecule has 0 bridgehead atoms. The fourth-order valence-electron chi connectivity index (χ4n) is 2.73. The smallest absolute Gasteiger partial charge is 0.0412 e. The first kappa shape index (κ1) is 16.7. The summed E-state index contributed by atoms with van der Waals surface area (Å²) in [7, 11) is 0. The van der Waals surface area contributed by atoms with Crippen molar-refractivity contribution in [2.24, 2.45) is 5.92 Å². The van der Waals surface area contributed by atoms with Gasteiger partial charge < -0.3 is 10.2 Å². The summed E-state index contributed by atoms with van der Waals surface area (Å²) in [6.45, 7) is 13.6. The van der Waals surface area contributed by atoms with Crippen LogP contribution >= 0.6 is 11.8 Å². The van der Waals surface area contributed by atoms with Gasteiger partial charge in [0.15, 0.2) is 0 Å². The molecule has 1 aromatic rings. The molecule has 21 heavy (non-hydrogen) atoms. The zero-order valence-corrected chi connectivity index (χ0v) is 14.8. The molecule has 0 atom stereocenters. The molecule has 1 N–H and O–H groups in total. The standard InChI is InChI=1S/C18H30N2S/c1-15(2)13-19-14-16-7-5-6-8-17(16)20-10-9-18(3,4)21-12-11-20/h5-8,15,19H,9-14H2,1-4H3. The number of hydrogen-bond acceptors (Lipinski definition) is 3. The summed E-state index contributed by atoms with van der Waals surface area (Å²) in [5, 5.41) is 3.58. The van der Waals surface area contributed by atoms with Crippen molar-refractivity contribution in [3.8, 4) is 0 Å². The Balaban J connectivity index is 2.05. The highest BCUT2D eigenvalue weighted by Gasteiger charge is 2.24. The van der Waals surface area contributed by atoms with E-state index in [1.54, 1.807) is 0 Å². The normalized spacial score (nSPS) is 18.8. The lowest BCUT2D eigenvalue weighted by molar-refractivity contribution is 0.551. The molecule has 1 heterocycles. The van der Waals surface area contributed by atoms with Crippen LogP contribution in [0.25, 0.3) is 0 Å². The van der Waals surface area contributed by atoms with Crippen LogP contribution in [0.3, 0.4) is 0 Å². The maximum atomic E-state index is 3.58. The Hall–Kier alpha value is -0.670. The number of nitrogens with zero attached hydrogens (tertiary/aromatic N) is 1. The number of anilines is 1. The van der Waals surface area contributed by atoms with E-state index in [4.69, 9.17) is 0 Å². The van der Waals surface area contributed by atoms with Crippen molar-refractivity contribution in [3.05, 3.63) is 29.8 Å². The van der Waals surface area contributed by atoms with Gasteiger partial charge in [0.25, 0.3) is 0 Å². The zero-order chi connectivity index (χ0) is 15.3. The molecule has 0 unspecified atom stereocenters. The van der Waals surface area contributed by atoms with Crippen molar-refractivity contribution in [1.82, 2.24) is 5.32 Å². The molecule has 0 radical (unpaired) electrons. The summed E-state index contributed by atoms with van der Waals surface area (Å²) < 4.78 is 0.416. The monoisotopic (exact) mass is 306 g/mol. The van der Waals surface area contributed by atoms with Crippen LogP contribution in [0.15, 0.2) is 24.3 Å². The van der Waals surface area contributed by atoms with E-state index in [0.29, 0.717) is 10.7 Å². The van der Waals surface area contributed by atoms with Gasteiger partial charge in [-0.05, 0) is 30.5 Å². The minimum atomic E-state index is 0.416. The number of benzene rings is 1. The van der Waals surface area contributed by atoms with Crippen LogP contribution in [0.4, 0.5) is 5.69 Å². The third-order valence-electron chi connectivity index (χ3n) is 4.04. The van der Waals surface area contributed by atoms with Crippen LogP contribution in [-0.2, 0) is 6.54 Å². The van der Waals surface area contributed by atoms with Crippen LogP contribution < -0.4 is 10.2 Å². The maximum Gasteiger partial charge on any atom is 0.0412 e. The first-order chi connectivity index (χ1) is 9.98. The fourth-order valence-corrected chi connectivity index (χ4v) is 3.83. The lowest BCUT2D eigenvalue weighted by Crippen LogP contribution is -2.29. The zero-order valence-electron chi connectivity index (χ0n) is 14.0. The largest absolute Gasteiger partial charge is 0.370 e. The van der Waals surface area contributed by atoms with E-state index in [9.17, 15) is 0 Å². The van der Waals surface area contributed by atoms with Crippen LogP contribution in [-0.4, -0.2) is 30.1 Å². The van der Waals surface area contributed by atoms with Gasteiger partial charge in [0.1, 0.15) is 0 Å². The molecule has 0 saturated carbocycles. The van der Waals surface area contributed by atoms with Gasteiger partial charge in [-0.2, -0.15) is 11.8 Å². The fraction of sp³-hybridized carbons (Fsp3) is 0.667. The molecule has 2 nitrogen and oxygen atoms in total. The Bertz CT molecular complexity index is 443. The summed E-state index contributed by atoms with van der Waals surface area (Å²) in [5.41, 5.74) is 2.86. The predicted octanol–water partition coefficient (Wildman–Crippen LogP) is 4.15. The highest BCUT2D eigenvalue weighted by atomic mass is 32.2. The summed E-state index contributed by atoms with van der Waals surface area (Å²) in [6, 6.07) is 8.89. The van der Waals surface area contributed by atoms with Crippen molar-refractivity contribution in [1.29, 1.82) is 0 Å². The van der Waals surface area contributed by atoms with Gasteiger partial charge in [-0.3, -0.25) is 0 Å². The van der Waals surface area contributed by atoms with E-state index >= 15 is 0 Å². The first-order valence-electron chi connectivity index (χ1n) is 8.15. The molecule has 1 aromatic carbocycles. The summed E-state index contributed by atoms with van der Waals surface area (Å²) in [6.07, 6.45) is 1.26. The van der Waals surface area contributed by atoms with Crippen molar-refractivity contribution in [2.75, 3.05) is 30.3 Å². The Kier molecular flexibility index (Phi) is 6.00.